The van der Waals surface area contributed by atoms with E-state index in [-0.39, 0.29) is 29.1 Å². The van der Waals surface area contributed by atoms with E-state index in [2.05, 4.69) is 15.9 Å². The molecule has 6 rings (SSSR count). The quantitative estimate of drug-likeness (QED) is 0.414. The van der Waals surface area contributed by atoms with Gasteiger partial charge in [0.2, 0.25) is 17.7 Å². The van der Waals surface area contributed by atoms with Gasteiger partial charge in [-0.15, -0.1) is 0 Å². The minimum atomic E-state index is -0.686. The summed E-state index contributed by atoms with van der Waals surface area (Å²) in [6.07, 6.45) is 3.05. The van der Waals surface area contributed by atoms with Crippen LogP contribution in [0.3, 0.4) is 0 Å². The monoisotopic (exact) mass is 597 g/mol. The number of hydrogen-bond donors (Lipinski definition) is 0. The summed E-state index contributed by atoms with van der Waals surface area (Å²) in [6.45, 7) is 1.36. The summed E-state index contributed by atoms with van der Waals surface area (Å²) < 4.78 is 2.37. The number of carbonyl (C=O) groups excluding carboxylic acids is 3. The topological polar surface area (TPSA) is 79.7 Å². The van der Waals surface area contributed by atoms with E-state index in [0.29, 0.717) is 23.8 Å². The van der Waals surface area contributed by atoms with Crippen LogP contribution in [0, 0.1) is 5.92 Å². The molecule has 2 fully saturated rings. The molecular formula is C27H24BrN3O4S2. The Morgan fingerprint density at radius 3 is 2.43 bits per heavy atom. The molecule has 0 bridgehead atoms. The maximum absolute atomic E-state index is 13.8. The fourth-order valence-corrected chi connectivity index (χ4v) is 8.71. The summed E-state index contributed by atoms with van der Waals surface area (Å²) in [4.78, 5) is 57.5. The second-order valence-electron chi connectivity index (χ2n) is 9.51. The number of amides is 3. The van der Waals surface area contributed by atoms with Gasteiger partial charge in [0.05, 0.1) is 16.6 Å². The Bertz CT molecular complexity index is 1450. The van der Waals surface area contributed by atoms with Crippen molar-refractivity contribution in [1.29, 1.82) is 0 Å². The highest BCUT2D eigenvalue weighted by atomic mass is 79.9. The van der Waals surface area contributed by atoms with Crippen LogP contribution in [0.1, 0.15) is 35.6 Å². The fourth-order valence-electron chi connectivity index (χ4n) is 5.52. The number of nitrogens with zero attached hydrogens (tertiary/aromatic N) is 3. The third kappa shape index (κ3) is 4.28. The molecule has 2 aromatic carbocycles. The lowest BCUT2D eigenvalue weighted by atomic mass is 9.83. The van der Waals surface area contributed by atoms with E-state index >= 15 is 0 Å². The third-order valence-corrected chi connectivity index (χ3v) is 10.4. The Kier molecular flexibility index (Phi) is 6.58. The molecule has 190 valence electrons. The first-order chi connectivity index (χ1) is 17.9. The van der Waals surface area contributed by atoms with Gasteiger partial charge in [-0.3, -0.25) is 23.7 Å². The number of carbonyl (C=O) groups is 3. The highest BCUT2D eigenvalue weighted by Gasteiger charge is 2.56. The molecule has 3 atom stereocenters. The summed E-state index contributed by atoms with van der Waals surface area (Å²) in [5, 5.41) is -0.0582. The van der Waals surface area contributed by atoms with Crippen molar-refractivity contribution in [3.8, 4) is 0 Å². The number of hydrogen-bond acceptors (Lipinski definition) is 6. The van der Waals surface area contributed by atoms with Crippen LogP contribution in [0.25, 0.3) is 0 Å². The lowest BCUT2D eigenvalue weighted by Crippen LogP contribution is -2.39. The van der Waals surface area contributed by atoms with E-state index in [1.165, 1.54) is 21.2 Å². The van der Waals surface area contributed by atoms with Gasteiger partial charge in [0.15, 0.2) is 0 Å². The van der Waals surface area contributed by atoms with Gasteiger partial charge in [-0.25, -0.2) is 4.90 Å². The largest absolute Gasteiger partial charge is 0.341 e. The van der Waals surface area contributed by atoms with Gasteiger partial charge in [-0.05, 0) is 49.1 Å². The Morgan fingerprint density at radius 2 is 1.70 bits per heavy atom. The molecule has 2 saturated heterocycles. The number of piperidine rings is 1. The molecule has 3 amide bonds. The fraction of sp³-hybridized carbons (Fsp3) is 0.333. The standard InChI is InChI=1S/C27H24BrN3O4S2/c28-17-9-7-8-16(14-17)20-21-22(25(34)31(24(21)33)18-10-3-1-4-11-18)36-26-23(20)37-27(35)30(26)15-19(32)29-12-5-2-6-13-29/h1,3-4,7-11,14,20-22H,2,5-6,12-13,15H2/t20-,21?,22?/m1/s1. The van der Waals surface area contributed by atoms with Crippen molar-refractivity contribution in [3.63, 3.8) is 0 Å². The summed E-state index contributed by atoms with van der Waals surface area (Å²) in [5.41, 5.74) is 1.40. The second-order valence-corrected chi connectivity index (χ2v) is 12.5. The van der Waals surface area contributed by atoms with Crippen molar-refractivity contribution in [3.05, 3.63) is 79.2 Å². The summed E-state index contributed by atoms with van der Waals surface area (Å²) in [6, 6.07) is 16.6. The third-order valence-electron chi connectivity index (χ3n) is 7.27. The predicted octanol–water partition coefficient (Wildman–Crippen LogP) is 4.48. The molecule has 0 spiro atoms. The van der Waals surface area contributed by atoms with Gasteiger partial charge >= 0.3 is 4.87 Å². The van der Waals surface area contributed by atoms with Gasteiger partial charge in [0.1, 0.15) is 11.8 Å². The van der Waals surface area contributed by atoms with Crippen LogP contribution in [0.4, 0.5) is 5.69 Å². The summed E-state index contributed by atoms with van der Waals surface area (Å²) in [5.74, 6) is -1.74. The second kappa shape index (κ2) is 9.89. The van der Waals surface area contributed by atoms with Crippen LogP contribution in [-0.2, 0) is 20.9 Å². The average molecular weight is 599 g/mol. The van der Waals surface area contributed by atoms with E-state index in [4.69, 9.17) is 0 Å². The maximum Gasteiger partial charge on any atom is 0.308 e. The zero-order chi connectivity index (χ0) is 25.7. The molecule has 4 heterocycles. The van der Waals surface area contributed by atoms with Crippen molar-refractivity contribution in [2.24, 2.45) is 5.92 Å². The van der Waals surface area contributed by atoms with Crippen molar-refractivity contribution < 1.29 is 14.4 Å². The van der Waals surface area contributed by atoms with Crippen molar-refractivity contribution in [1.82, 2.24) is 9.47 Å². The van der Waals surface area contributed by atoms with Crippen LogP contribution < -0.4 is 9.77 Å². The number of thioether (sulfide) groups is 1. The van der Waals surface area contributed by atoms with Crippen LogP contribution >= 0.6 is 39.0 Å². The highest BCUT2D eigenvalue weighted by Crippen LogP contribution is 2.54. The molecule has 37 heavy (non-hydrogen) atoms. The number of para-hydroxylation sites is 1. The molecule has 3 aliphatic heterocycles. The van der Waals surface area contributed by atoms with Gasteiger partial charge in [-0.1, -0.05) is 69.4 Å². The lowest BCUT2D eigenvalue weighted by Gasteiger charge is -2.31. The molecule has 0 aliphatic carbocycles. The van der Waals surface area contributed by atoms with Crippen molar-refractivity contribution in [2.45, 2.75) is 42.0 Å². The van der Waals surface area contributed by atoms with Crippen LogP contribution in [0.2, 0.25) is 0 Å². The number of imide groups is 1. The van der Waals surface area contributed by atoms with E-state index in [1.807, 2.05) is 35.2 Å². The smallest absolute Gasteiger partial charge is 0.308 e. The molecule has 0 N–H and O–H groups in total. The van der Waals surface area contributed by atoms with E-state index in [0.717, 1.165) is 45.5 Å². The Labute approximate surface area is 230 Å². The number of aromatic nitrogens is 1. The van der Waals surface area contributed by atoms with Gasteiger partial charge in [0.25, 0.3) is 0 Å². The molecular weight excluding hydrogens is 574 g/mol. The van der Waals surface area contributed by atoms with Crippen LogP contribution in [-0.4, -0.2) is 45.5 Å². The minimum absolute atomic E-state index is 0.0508. The number of rotatable bonds is 4. The van der Waals surface area contributed by atoms with Gasteiger partial charge < -0.3 is 4.90 Å². The van der Waals surface area contributed by atoms with Gasteiger partial charge in [-0.2, -0.15) is 0 Å². The predicted molar refractivity (Wildman–Crippen MR) is 147 cm³/mol. The lowest BCUT2D eigenvalue weighted by molar-refractivity contribution is -0.133. The molecule has 3 aliphatic rings. The van der Waals surface area contributed by atoms with Crippen LogP contribution in [0.15, 0.2) is 68.9 Å². The first kappa shape index (κ1) is 24.6. The summed E-state index contributed by atoms with van der Waals surface area (Å²) >= 11 is 5.87. The maximum atomic E-state index is 13.8. The zero-order valence-electron chi connectivity index (χ0n) is 19.8. The minimum Gasteiger partial charge on any atom is -0.341 e. The Hall–Kier alpha value is -2.69. The number of thiazole rings is 1. The highest BCUT2D eigenvalue weighted by molar-refractivity contribution is 9.10. The first-order valence-corrected chi connectivity index (χ1v) is 14.8. The Balaban J connectivity index is 1.44. The summed E-state index contributed by atoms with van der Waals surface area (Å²) in [7, 11) is 0. The molecule has 7 nitrogen and oxygen atoms in total. The van der Waals surface area contributed by atoms with E-state index < -0.39 is 17.1 Å². The average Bonchev–Trinajstić information content (AvgIpc) is 3.35. The van der Waals surface area contributed by atoms with Crippen molar-refractivity contribution >= 4 is 62.4 Å². The van der Waals surface area contributed by atoms with E-state index in [9.17, 15) is 19.2 Å². The number of likely N-dealkylation sites (tertiary alicyclic amines) is 1. The normalized spacial score (nSPS) is 23.2. The molecule has 1 aromatic heterocycles. The number of benzene rings is 2. The SMILES string of the molecule is O=C(Cn1c2c(sc1=O)[C@H](c1cccc(Br)c1)C1C(=O)N(c3ccccc3)C(=O)C1S2)N1CCCCC1. The van der Waals surface area contributed by atoms with E-state index in [1.54, 1.807) is 24.3 Å². The zero-order valence-corrected chi connectivity index (χ0v) is 23.1. The van der Waals surface area contributed by atoms with Crippen molar-refractivity contribution in [2.75, 3.05) is 18.0 Å². The number of anilines is 1. The molecule has 2 unspecified atom stereocenters. The first-order valence-electron chi connectivity index (χ1n) is 12.3. The molecule has 3 aromatic rings. The molecule has 10 heteroatoms. The number of fused-ring (bicyclic) bond motifs is 2. The Morgan fingerprint density at radius 1 is 0.946 bits per heavy atom. The van der Waals surface area contributed by atoms with Crippen LogP contribution in [0.5, 0.6) is 0 Å². The number of halogens is 1. The van der Waals surface area contributed by atoms with Gasteiger partial charge in [0, 0.05) is 28.4 Å². The molecule has 0 saturated carbocycles. The molecule has 0 radical (unpaired) electrons.